The van der Waals surface area contributed by atoms with Crippen LogP contribution >= 0.6 is 0 Å². The molecule has 82 valence electrons. The molecule has 0 saturated heterocycles. The maximum atomic E-state index is 5.49. The molecule has 0 fully saturated rings. The number of para-hydroxylation sites is 1. The van der Waals surface area contributed by atoms with Crippen molar-refractivity contribution in [3.05, 3.63) is 29.8 Å². The molecule has 0 aliphatic carbocycles. The van der Waals surface area contributed by atoms with Crippen molar-refractivity contribution in [2.24, 2.45) is 5.73 Å². The molecule has 0 amide bonds. The van der Waals surface area contributed by atoms with E-state index in [4.69, 9.17) is 5.73 Å². The average Bonchev–Trinajstić information content (AvgIpc) is 2.34. The van der Waals surface area contributed by atoms with Crippen LogP contribution in [0.5, 0.6) is 0 Å². The molecule has 1 rings (SSSR count). The Morgan fingerprint density at radius 1 is 1.07 bits per heavy atom. The summed E-state index contributed by atoms with van der Waals surface area (Å²) >= 11 is 0. The van der Waals surface area contributed by atoms with Gasteiger partial charge in [-0.1, -0.05) is 45.9 Å². The highest BCUT2D eigenvalue weighted by atomic mass is 14.8. The van der Waals surface area contributed by atoms with Gasteiger partial charge in [-0.25, -0.2) is 0 Å². The number of hydrogen-bond acceptors (Lipinski definition) is 2. The Balaban J connectivity index is 0. The topological polar surface area (TPSA) is 38.0 Å². The van der Waals surface area contributed by atoms with Gasteiger partial charge >= 0.3 is 0 Å². The first-order chi connectivity index (χ1) is 6.88. The summed E-state index contributed by atoms with van der Waals surface area (Å²) in [6.45, 7) is 8.59. The minimum atomic E-state index is 0.594. The summed E-state index contributed by atoms with van der Waals surface area (Å²) in [5.74, 6) is 0. The van der Waals surface area contributed by atoms with E-state index < -0.39 is 0 Å². The van der Waals surface area contributed by atoms with Crippen LogP contribution in [0.1, 0.15) is 33.3 Å². The Bertz CT molecular complexity index is 186. The molecule has 3 N–H and O–H groups in total. The zero-order valence-corrected chi connectivity index (χ0v) is 10.1. The maximum absolute atomic E-state index is 5.49. The molecule has 0 aliphatic heterocycles. The zero-order valence-electron chi connectivity index (χ0n) is 10.1. The van der Waals surface area contributed by atoms with Crippen molar-refractivity contribution in [3.8, 4) is 0 Å². The van der Waals surface area contributed by atoms with Gasteiger partial charge in [-0.2, -0.15) is 0 Å². The lowest BCUT2D eigenvalue weighted by Gasteiger charge is -2.04. The fourth-order valence-corrected chi connectivity index (χ4v) is 0.942. The zero-order chi connectivity index (χ0) is 11.4. The van der Waals surface area contributed by atoms with Gasteiger partial charge in [0.1, 0.15) is 0 Å². The van der Waals surface area contributed by atoms with Crippen LogP contribution in [0.25, 0.3) is 0 Å². The van der Waals surface area contributed by atoms with Crippen molar-refractivity contribution in [1.29, 1.82) is 0 Å². The molecule has 2 heteroatoms. The van der Waals surface area contributed by atoms with E-state index in [0.29, 0.717) is 6.54 Å². The highest BCUT2D eigenvalue weighted by Crippen LogP contribution is 2.12. The van der Waals surface area contributed by atoms with Gasteiger partial charge in [0.2, 0.25) is 0 Å². The van der Waals surface area contributed by atoms with E-state index >= 15 is 0 Å². The normalized spacial score (nSPS) is 7.57. The summed E-state index contributed by atoms with van der Waals surface area (Å²) in [7, 11) is 1.90. The number of benzene rings is 1. The predicted octanol–water partition coefficient (Wildman–Crippen LogP) is 3.24. The van der Waals surface area contributed by atoms with Gasteiger partial charge in [0.05, 0.1) is 0 Å². The maximum Gasteiger partial charge on any atom is 0.0383 e. The summed E-state index contributed by atoms with van der Waals surface area (Å²) in [6.07, 6.45) is 0. The molecule has 0 heterocycles. The number of anilines is 1. The first-order valence-corrected chi connectivity index (χ1v) is 5.34. The van der Waals surface area contributed by atoms with Crippen LogP contribution in [-0.2, 0) is 6.54 Å². The second-order valence-electron chi connectivity index (χ2n) is 2.11. The van der Waals surface area contributed by atoms with Crippen LogP contribution < -0.4 is 11.1 Å². The lowest BCUT2D eigenvalue weighted by atomic mass is 10.2. The van der Waals surface area contributed by atoms with Crippen LogP contribution in [0.15, 0.2) is 24.3 Å². The number of hydrogen-bond donors (Lipinski definition) is 2. The second-order valence-corrected chi connectivity index (χ2v) is 2.11. The molecule has 0 radical (unpaired) electrons. The first-order valence-electron chi connectivity index (χ1n) is 5.34. The molecule has 0 saturated carbocycles. The smallest absolute Gasteiger partial charge is 0.0383 e. The Morgan fingerprint density at radius 2 is 1.57 bits per heavy atom. The van der Waals surface area contributed by atoms with Crippen molar-refractivity contribution >= 4 is 5.69 Å². The third-order valence-corrected chi connectivity index (χ3v) is 1.51. The van der Waals surface area contributed by atoms with Gasteiger partial charge in [-0.15, -0.1) is 0 Å². The number of nitrogens with two attached hydrogens (primary N) is 1. The second kappa shape index (κ2) is 12.0. The largest absolute Gasteiger partial charge is 0.388 e. The molecule has 0 spiro atoms. The third-order valence-electron chi connectivity index (χ3n) is 1.51. The van der Waals surface area contributed by atoms with Crippen molar-refractivity contribution < 1.29 is 0 Å². The fraction of sp³-hybridized carbons (Fsp3) is 0.500. The molecule has 1 aromatic rings. The lowest BCUT2D eigenvalue weighted by molar-refractivity contribution is 1.07. The molecular formula is C12H24N2. The van der Waals surface area contributed by atoms with Crippen molar-refractivity contribution in [1.82, 2.24) is 0 Å². The van der Waals surface area contributed by atoms with E-state index in [1.165, 1.54) is 0 Å². The molecule has 1 aromatic carbocycles. The van der Waals surface area contributed by atoms with Crippen LogP contribution in [0.4, 0.5) is 5.69 Å². The van der Waals surface area contributed by atoms with Crippen LogP contribution in [-0.4, -0.2) is 7.05 Å². The van der Waals surface area contributed by atoms with Crippen molar-refractivity contribution in [3.63, 3.8) is 0 Å². The summed E-state index contributed by atoms with van der Waals surface area (Å²) in [4.78, 5) is 0. The number of rotatable bonds is 2. The minimum Gasteiger partial charge on any atom is -0.388 e. The Kier molecular flexibility index (Phi) is 13.2. The minimum absolute atomic E-state index is 0.594. The Morgan fingerprint density at radius 3 is 1.93 bits per heavy atom. The summed E-state index contributed by atoms with van der Waals surface area (Å²) in [5, 5.41) is 3.07. The van der Waals surface area contributed by atoms with E-state index in [9.17, 15) is 0 Å². The Hall–Kier alpha value is -1.02. The standard InChI is InChI=1S/C8H12N2.2C2H6/c1-10-8-5-3-2-4-7(8)6-9;2*1-2/h2-5,10H,6,9H2,1H3;2*1-2H3. The van der Waals surface area contributed by atoms with E-state index in [2.05, 4.69) is 5.32 Å². The van der Waals surface area contributed by atoms with Crippen LogP contribution in [0.3, 0.4) is 0 Å². The van der Waals surface area contributed by atoms with Crippen molar-refractivity contribution in [2.75, 3.05) is 12.4 Å². The fourth-order valence-electron chi connectivity index (χ4n) is 0.942. The summed E-state index contributed by atoms with van der Waals surface area (Å²) in [6, 6.07) is 8.02. The SMILES string of the molecule is CC.CC.CNc1ccccc1CN. The number of nitrogens with one attached hydrogen (secondary N) is 1. The van der Waals surface area contributed by atoms with Crippen LogP contribution in [0.2, 0.25) is 0 Å². The lowest BCUT2D eigenvalue weighted by Crippen LogP contribution is -2.00. The highest BCUT2D eigenvalue weighted by molar-refractivity contribution is 5.50. The molecule has 0 bridgehead atoms. The molecule has 0 atom stereocenters. The predicted molar refractivity (Wildman–Crippen MR) is 66.6 cm³/mol. The Labute approximate surface area is 88.5 Å². The monoisotopic (exact) mass is 196 g/mol. The van der Waals surface area contributed by atoms with E-state index in [1.54, 1.807) is 0 Å². The molecule has 0 aliphatic rings. The first kappa shape index (κ1) is 15.5. The summed E-state index contributed by atoms with van der Waals surface area (Å²) in [5.41, 5.74) is 7.76. The quantitative estimate of drug-likeness (QED) is 0.762. The van der Waals surface area contributed by atoms with Crippen molar-refractivity contribution in [2.45, 2.75) is 34.2 Å². The van der Waals surface area contributed by atoms with Gasteiger partial charge in [-0.3, -0.25) is 0 Å². The van der Waals surface area contributed by atoms with E-state index in [1.807, 2.05) is 59.0 Å². The molecule has 14 heavy (non-hydrogen) atoms. The van der Waals surface area contributed by atoms with Gasteiger partial charge in [0.15, 0.2) is 0 Å². The van der Waals surface area contributed by atoms with Crippen LogP contribution in [0, 0.1) is 0 Å². The van der Waals surface area contributed by atoms with Gasteiger partial charge in [0, 0.05) is 19.3 Å². The highest BCUT2D eigenvalue weighted by Gasteiger charge is 1.93. The third kappa shape index (κ3) is 5.60. The van der Waals surface area contributed by atoms with Gasteiger partial charge in [0.25, 0.3) is 0 Å². The van der Waals surface area contributed by atoms with Gasteiger partial charge in [-0.05, 0) is 11.6 Å². The van der Waals surface area contributed by atoms with E-state index in [0.717, 1.165) is 11.3 Å². The van der Waals surface area contributed by atoms with Gasteiger partial charge < -0.3 is 11.1 Å². The molecule has 2 nitrogen and oxygen atoms in total. The molecule has 0 unspecified atom stereocenters. The average molecular weight is 196 g/mol. The van der Waals surface area contributed by atoms with E-state index in [-0.39, 0.29) is 0 Å². The molecule has 0 aromatic heterocycles. The summed E-state index contributed by atoms with van der Waals surface area (Å²) < 4.78 is 0. The molecular weight excluding hydrogens is 172 g/mol.